The van der Waals surface area contributed by atoms with Crippen LogP contribution < -0.4 is 4.90 Å². The van der Waals surface area contributed by atoms with Gasteiger partial charge in [0.15, 0.2) is 0 Å². The maximum Gasteiger partial charge on any atom is 0.0547 e. The third-order valence-corrected chi connectivity index (χ3v) is 11.8. The third kappa shape index (κ3) is 6.41. The van der Waals surface area contributed by atoms with Gasteiger partial charge >= 0.3 is 0 Å². The molecule has 0 fully saturated rings. The Bertz CT molecular complexity index is 3250. The molecule has 1 heterocycles. The second-order valence-electron chi connectivity index (χ2n) is 15.4. The Morgan fingerprint density at radius 3 is 1.28 bits per heavy atom. The highest BCUT2D eigenvalue weighted by Gasteiger charge is 2.18. The molecular weight excluding hydrogens is 725 g/mol. The zero-order valence-corrected chi connectivity index (χ0v) is 33.0. The largest absolute Gasteiger partial charge is 0.311 e. The van der Waals surface area contributed by atoms with Crippen LogP contribution in [0, 0.1) is 0 Å². The number of benzene rings is 10. The van der Waals surface area contributed by atoms with E-state index in [1.807, 2.05) is 0 Å². The van der Waals surface area contributed by atoms with E-state index >= 15 is 0 Å². The van der Waals surface area contributed by atoms with E-state index in [0.29, 0.717) is 0 Å². The molecule has 11 aromatic rings. The van der Waals surface area contributed by atoms with Crippen LogP contribution in [0.1, 0.15) is 0 Å². The molecule has 0 bridgehead atoms. The summed E-state index contributed by atoms with van der Waals surface area (Å²) >= 11 is 0. The Labute approximate surface area is 350 Å². The first-order chi connectivity index (χ1) is 29.7. The topological polar surface area (TPSA) is 8.17 Å². The van der Waals surface area contributed by atoms with Gasteiger partial charge < -0.3 is 9.47 Å². The van der Waals surface area contributed by atoms with Crippen LogP contribution in [0.25, 0.3) is 82.8 Å². The van der Waals surface area contributed by atoms with E-state index < -0.39 is 0 Å². The first-order valence-corrected chi connectivity index (χ1v) is 20.6. The van der Waals surface area contributed by atoms with E-state index in [1.54, 1.807) is 0 Å². The average molecular weight is 765 g/mol. The minimum absolute atomic E-state index is 1.09. The predicted octanol–water partition coefficient (Wildman–Crippen LogP) is 16.1. The molecule has 0 N–H and O–H groups in total. The molecule has 0 saturated carbocycles. The standard InChI is InChI=1S/C58H40N2/c1-3-12-41(13-4-1)44-22-24-45(25-23-44)47-28-35-51(36-29-47)59(50-33-26-46(27-34-50)42-14-5-2-6-15-42)52-37-31-48(32-38-52)54-19-11-21-57-58(54)55-18-9-10-20-56(55)60(57)53-39-30-43-16-7-8-17-49(43)40-53/h1-40H. The number of nitrogens with zero attached hydrogens (tertiary/aromatic N) is 2. The summed E-state index contributed by atoms with van der Waals surface area (Å²) in [5.74, 6) is 0. The van der Waals surface area contributed by atoms with Crippen molar-refractivity contribution in [1.29, 1.82) is 0 Å². The third-order valence-electron chi connectivity index (χ3n) is 11.8. The molecule has 0 saturated heterocycles. The normalized spacial score (nSPS) is 11.3. The first-order valence-electron chi connectivity index (χ1n) is 20.6. The molecule has 0 aliphatic carbocycles. The highest BCUT2D eigenvalue weighted by Crippen LogP contribution is 2.41. The molecule has 0 amide bonds. The van der Waals surface area contributed by atoms with Crippen LogP contribution in [-0.2, 0) is 0 Å². The van der Waals surface area contributed by atoms with Gasteiger partial charge in [0.1, 0.15) is 0 Å². The Morgan fingerprint density at radius 1 is 0.283 bits per heavy atom. The minimum Gasteiger partial charge on any atom is -0.311 e. The Morgan fingerprint density at radius 2 is 0.717 bits per heavy atom. The molecule has 2 heteroatoms. The summed E-state index contributed by atoms with van der Waals surface area (Å²) in [4.78, 5) is 2.35. The number of aromatic nitrogens is 1. The summed E-state index contributed by atoms with van der Waals surface area (Å²) in [5.41, 5.74) is 16.5. The van der Waals surface area contributed by atoms with Crippen LogP contribution in [0.2, 0.25) is 0 Å². The van der Waals surface area contributed by atoms with Gasteiger partial charge in [-0.1, -0.05) is 182 Å². The summed E-state index contributed by atoms with van der Waals surface area (Å²) in [6.45, 7) is 0. The van der Waals surface area contributed by atoms with Crippen LogP contribution in [0.5, 0.6) is 0 Å². The van der Waals surface area contributed by atoms with Crippen molar-refractivity contribution in [3.05, 3.63) is 243 Å². The lowest BCUT2D eigenvalue weighted by molar-refractivity contribution is 1.19. The number of hydrogen-bond acceptors (Lipinski definition) is 1. The average Bonchev–Trinajstić information content (AvgIpc) is 3.67. The van der Waals surface area contributed by atoms with Crippen molar-refractivity contribution >= 4 is 49.6 Å². The van der Waals surface area contributed by atoms with Crippen LogP contribution in [-0.4, -0.2) is 4.57 Å². The van der Waals surface area contributed by atoms with Crippen molar-refractivity contribution < 1.29 is 0 Å². The van der Waals surface area contributed by atoms with Crippen molar-refractivity contribution in [3.8, 4) is 50.2 Å². The van der Waals surface area contributed by atoms with E-state index in [0.717, 1.165) is 22.7 Å². The van der Waals surface area contributed by atoms with Crippen molar-refractivity contribution in [2.45, 2.75) is 0 Å². The van der Waals surface area contributed by atoms with Crippen molar-refractivity contribution in [2.75, 3.05) is 4.90 Å². The molecule has 2 nitrogen and oxygen atoms in total. The van der Waals surface area contributed by atoms with E-state index in [9.17, 15) is 0 Å². The van der Waals surface area contributed by atoms with Crippen LogP contribution >= 0.6 is 0 Å². The zero-order valence-electron chi connectivity index (χ0n) is 33.0. The van der Waals surface area contributed by atoms with Gasteiger partial charge in [0.2, 0.25) is 0 Å². The maximum atomic E-state index is 2.41. The number of fused-ring (bicyclic) bond motifs is 4. The summed E-state index contributed by atoms with van der Waals surface area (Å²) in [6, 6.07) is 87.8. The lowest BCUT2D eigenvalue weighted by Gasteiger charge is -2.26. The van der Waals surface area contributed by atoms with E-state index in [4.69, 9.17) is 0 Å². The maximum absolute atomic E-state index is 2.41. The Kier molecular flexibility index (Phi) is 8.87. The number of hydrogen-bond donors (Lipinski definition) is 0. The van der Waals surface area contributed by atoms with Gasteiger partial charge in [0.05, 0.1) is 11.0 Å². The molecule has 0 aliphatic rings. The summed E-state index contributed by atoms with van der Waals surface area (Å²) in [5, 5.41) is 4.98. The van der Waals surface area contributed by atoms with E-state index in [2.05, 4.69) is 252 Å². The molecule has 0 spiro atoms. The molecule has 0 radical (unpaired) electrons. The lowest BCUT2D eigenvalue weighted by Crippen LogP contribution is -2.09. The SMILES string of the molecule is c1ccc(-c2ccc(-c3ccc(N(c4ccc(-c5ccccc5)cc4)c4ccc(-c5cccc6c5c5ccccc5n6-c5ccc6ccccc6c5)cc4)cc3)cc2)cc1. The van der Waals surface area contributed by atoms with Gasteiger partial charge in [-0.05, 0) is 116 Å². The monoisotopic (exact) mass is 764 g/mol. The zero-order chi connectivity index (χ0) is 39.8. The van der Waals surface area contributed by atoms with Gasteiger partial charge in [0.25, 0.3) is 0 Å². The molecular formula is C58H40N2. The second kappa shape index (κ2) is 15.1. The molecule has 0 aliphatic heterocycles. The molecule has 282 valence electrons. The molecule has 1 aromatic heterocycles. The van der Waals surface area contributed by atoms with Crippen molar-refractivity contribution in [1.82, 2.24) is 4.57 Å². The molecule has 0 unspecified atom stereocenters. The summed E-state index contributed by atoms with van der Waals surface area (Å²) < 4.78 is 2.41. The molecule has 10 aromatic carbocycles. The predicted molar refractivity (Wildman–Crippen MR) is 255 cm³/mol. The number of rotatable bonds is 8. The van der Waals surface area contributed by atoms with Crippen molar-refractivity contribution in [2.24, 2.45) is 0 Å². The molecule has 0 atom stereocenters. The molecule has 11 rings (SSSR count). The highest BCUT2D eigenvalue weighted by atomic mass is 15.1. The fourth-order valence-corrected chi connectivity index (χ4v) is 8.81. The van der Waals surface area contributed by atoms with Crippen LogP contribution in [0.4, 0.5) is 17.1 Å². The summed E-state index contributed by atoms with van der Waals surface area (Å²) in [7, 11) is 0. The summed E-state index contributed by atoms with van der Waals surface area (Å²) in [6.07, 6.45) is 0. The second-order valence-corrected chi connectivity index (χ2v) is 15.4. The Hall–Kier alpha value is -7.94. The van der Waals surface area contributed by atoms with Gasteiger partial charge in [0, 0.05) is 33.5 Å². The van der Waals surface area contributed by atoms with Crippen molar-refractivity contribution in [3.63, 3.8) is 0 Å². The fourth-order valence-electron chi connectivity index (χ4n) is 8.81. The van der Waals surface area contributed by atoms with E-state index in [-0.39, 0.29) is 0 Å². The van der Waals surface area contributed by atoms with Gasteiger partial charge in [-0.3, -0.25) is 0 Å². The van der Waals surface area contributed by atoms with E-state index in [1.165, 1.54) is 77.1 Å². The van der Waals surface area contributed by atoms with Gasteiger partial charge in [-0.2, -0.15) is 0 Å². The van der Waals surface area contributed by atoms with Gasteiger partial charge in [-0.15, -0.1) is 0 Å². The fraction of sp³-hybridized carbons (Fsp3) is 0. The lowest BCUT2D eigenvalue weighted by atomic mass is 9.98. The minimum atomic E-state index is 1.09. The number of anilines is 3. The Balaban J connectivity index is 0.978. The quantitative estimate of drug-likeness (QED) is 0.150. The smallest absolute Gasteiger partial charge is 0.0547 e. The van der Waals surface area contributed by atoms with Gasteiger partial charge in [-0.25, -0.2) is 0 Å². The van der Waals surface area contributed by atoms with Crippen LogP contribution in [0.15, 0.2) is 243 Å². The highest BCUT2D eigenvalue weighted by molar-refractivity contribution is 6.16. The molecule has 60 heavy (non-hydrogen) atoms. The van der Waals surface area contributed by atoms with Crippen LogP contribution in [0.3, 0.4) is 0 Å². The first kappa shape index (κ1) is 35.2. The number of para-hydroxylation sites is 1.